The summed E-state index contributed by atoms with van der Waals surface area (Å²) in [6, 6.07) is 4.39. The minimum absolute atomic E-state index is 0.429. The Morgan fingerprint density at radius 2 is 2.15 bits per heavy atom. The molecule has 0 spiro atoms. The summed E-state index contributed by atoms with van der Waals surface area (Å²) < 4.78 is 40.3. The molecule has 5 nitrogen and oxygen atoms in total. The Morgan fingerprint density at radius 3 is 2.70 bits per heavy atom. The first-order valence-electron chi connectivity index (χ1n) is 6.44. The van der Waals surface area contributed by atoms with Crippen molar-refractivity contribution >= 4 is 10.0 Å². The zero-order chi connectivity index (χ0) is 14.8. The molecule has 0 aromatic carbocycles. The second kappa shape index (κ2) is 5.46. The van der Waals surface area contributed by atoms with Crippen LogP contribution in [-0.2, 0) is 10.0 Å². The van der Waals surface area contributed by atoms with Crippen LogP contribution in [0.25, 0.3) is 0 Å². The first-order valence-corrected chi connectivity index (χ1v) is 7.93. The lowest BCUT2D eigenvalue weighted by atomic mass is 9.79. The summed E-state index contributed by atoms with van der Waals surface area (Å²) >= 11 is 0. The molecule has 1 saturated carbocycles. The number of rotatable bonds is 3. The molecule has 0 saturated heterocycles. The van der Waals surface area contributed by atoms with Crippen molar-refractivity contribution in [3.63, 3.8) is 0 Å². The van der Waals surface area contributed by atoms with Gasteiger partial charge in [-0.3, -0.25) is 0 Å². The van der Waals surface area contributed by atoms with Crippen LogP contribution in [0.5, 0.6) is 0 Å². The van der Waals surface area contributed by atoms with E-state index in [-0.39, 0.29) is 0 Å². The monoisotopic (exact) mass is 297 g/mol. The molecular weight excluding hydrogens is 281 g/mol. The number of halogens is 1. The largest absolute Gasteiger partial charge is 0.262 e. The molecule has 1 aromatic heterocycles. The summed E-state index contributed by atoms with van der Waals surface area (Å²) in [6.45, 7) is 2.06. The molecule has 108 valence electrons. The number of hydrogen-bond donors (Lipinski definition) is 1. The number of nitrogens with zero attached hydrogens (tertiary/aromatic N) is 2. The van der Waals surface area contributed by atoms with Crippen LogP contribution in [0.4, 0.5) is 4.39 Å². The van der Waals surface area contributed by atoms with Gasteiger partial charge in [-0.2, -0.15) is 9.98 Å². The van der Waals surface area contributed by atoms with Crippen LogP contribution in [0.1, 0.15) is 32.6 Å². The SMILES string of the molecule is CC1CCC(C#N)(NS(=O)(=O)c2ncccc2F)CC1. The Labute approximate surface area is 117 Å². The topological polar surface area (TPSA) is 82.9 Å². The van der Waals surface area contributed by atoms with E-state index < -0.39 is 26.4 Å². The van der Waals surface area contributed by atoms with Crippen molar-refractivity contribution in [2.45, 2.75) is 43.2 Å². The highest BCUT2D eigenvalue weighted by atomic mass is 32.2. The molecule has 0 atom stereocenters. The van der Waals surface area contributed by atoms with Crippen molar-refractivity contribution < 1.29 is 12.8 Å². The Bertz CT molecular complexity index is 631. The zero-order valence-corrected chi connectivity index (χ0v) is 12.0. The lowest BCUT2D eigenvalue weighted by Crippen LogP contribution is -2.49. The maximum absolute atomic E-state index is 13.6. The molecule has 0 radical (unpaired) electrons. The van der Waals surface area contributed by atoms with Crippen molar-refractivity contribution in [1.29, 1.82) is 5.26 Å². The fourth-order valence-electron chi connectivity index (χ4n) is 2.37. The van der Waals surface area contributed by atoms with Gasteiger partial charge in [-0.05, 0) is 43.7 Å². The molecule has 7 heteroatoms. The molecule has 0 unspecified atom stereocenters. The second-order valence-electron chi connectivity index (χ2n) is 5.27. The summed E-state index contributed by atoms with van der Waals surface area (Å²) in [5, 5.41) is 8.66. The Balaban J connectivity index is 2.28. The quantitative estimate of drug-likeness (QED) is 0.924. The third-order valence-corrected chi connectivity index (χ3v) is 5.12. The molecule has 1 aliphatic rings. The van der Waals surface area contributed by atoms with Gasteiger partial charge in [0.1, 0.15) is 5.54 Å². The Morgan fingerprint density at radius 1 is 1.50 bits per heavy atom. The van der Waals surface area contributed by atoms with Gasteiger partial charge < -0.3 is 0 Å². The standard InChI is InChI=1S/C13H16FN3O2S/c1-10-4-6-13(9-15,7-5-10)17-20(18,19)12-11(14)3-2-8-16-12/h2-3,8,10,17H,4-7H2,1H3. The molecule has 20 heavy (non-hydrogen) atoms. The van der Waals surface area contributed by atoms with Crippen LogP contribution < -0.4 is 4.72 Å². The lowest BCUT2D eigenvalue weighted by Gasteiger charge is -2.33. The maximum Gasteiger partial charge on any atom is 0.262 e. The molecule has 1 heterocycles. The van der Waals surface area contributed by atoms with Crippen molar-refractivity contribution in [2.75, 3.05) is 0 Å². The predicted octanol–water partition coefficient (Wildman–Crippen LogP) is 1.97. The van der Waals surface area contributed by atoms with Crippen LogP contribution in [0.3, 0.4) is 0 Å². The van der Waals surface area contributed by atoms with E-state index in [9.17, 15) is 18.1 Å². The van der Waals surface area contributed by atoms with Crippen molar-refractivity contribution in [1.82, 2.24) is 9.71 Å². The molecule has 0 bridgehead atoms. The normalized spacial score (nSPS) is 26.9. The molecule has 0 aliphatic heterocycles. The average Bonchev–Trinajstić information content (AvgIpc) is 2.42. The molecule has 1 fully saturated rings. The molecule has 1 aliphatic carbocycles. The number of nitriles is 1. The summed E-state index contributed by atoms with van der Waals surface area (Å²) in [4.78, 5) is 3.56. The molecular formula is C13H16FN3O2S. The van der Waals surface area contributed by atoms with Gasteiger partial charge in [0, 0.05) is 6.20 Å². The van der Waals surface area contributed by atoms with Crippen LogP contribution in [0.2, 0.25) is 0 Å². The van der Waals surface area contributed by atoms with E-state index in [1.54, 1.807) is 0 Å². The van der Waals surface area contributed by atoms with Crippen LogP contribution in [0.15, 0.2) is 23.4 Å². The smallest absolute Gasteiger partial charge is 0.241 e. The third-order valence-electron chi connectivity index (χ3n) is 3.65. The fourth-order valence-corrected chi connectivity index (χ4v) is 3.75. The molecule has 0 amide bonds. The van der Waals surface area contributed by atoms with E-state index in [2.05, 4.69) is 16.6 Å². The van der Waals surface area contributed by atoms with E-state index in [1.807, 2.05) is 6.07 Å². The van der Waals surface area contributed by atoms with Gasteiger partial charge in [-0.15, -0.1) is 0 Å². The first kappa shape index (κ1) is 14.9. The minimum atomic E-state index is -4.14. The van der Waals surface area contributed by atoms with Crippen LogP contribution in [0, 0.1) is 23.1 Å². The summed E-state index contributed by atoms with van der Waals surface area (Å²) in [6.07, 6.45) is 3.60. The highest BCUT2D eigenvalue weighted by Gasteiger charge is 2.39. The Hall–Kier alpha value is -1.52. The summed E-state index contributed by atoms with van der Waals surface area (Å²) in [7, 11) is -4.14. The number of pyridine rings is 1. The van der Waals surface area contributed by atoms with Gasteiger partial charge in [0.25, 0.3) is 10.0 Å². The zero-order valence-electron chi connectivity index (χ0n) is 11.1. The number of sulfonamides is 1. The highest BCUT2D eigenvalue weighted by Crippen LogP contribution is 2.32. The van der Waals surface area contributed by atoms with Crippen molar-refractivity contribution in [3.8, 4) is 6.07 Å². The second-order valence-corrected chi connectivity index (χ2v) is 6.87. The molecule has 1 N–H and O–H groups in total. The molecule has 1 aromatic rings. The Kier molecular flexibility index (Phi) is 4.06. The number of aromatic nitrogens is 1. The third kappa shape index (κ3) is 2.97. The fraction of sp³-hybridized carbons (Fsp3) is 0.538. The van der Waals surface area contributed by atoms with E-state index in [4.69, 9.17) is 0 Å². The van der Waals surface area contributed by atoms with Gasteiger partial charge in [-0.25, -0.2) is 17.8 Å². The van der Waals surface area contributed by atoms with Gasteiger partial charge in [0.15, 0.2) is 5.82 Å². The van der Waals surface area contributed by atoms with Crippen LogP contribution >= 0.6 is 0 Å². The van der Waals surface area contributed by atoms with E-state index in [1.165, 1.54) is 12.3 Å². The van der Waals surface area contributed by atoms with Gasteiger partial charge >= 0.3 is 0 Å². The van der Waals surface area contributed by atoms with Gasteiger partial charge in [-0.1, -0.05) is 6.92 Å². The first-order chi connectivity index (χ1) is 9.38. The maximum atomic E-state index is 13.6. The average molecular weight is 297 g/mol. The summed E-state index contributed by atoms with van der Waals surface area (Å²) in [5.74, 6) is -0.454. The van der Waals surface area contributed by atoms with Crippen molar-refractivity contribution in [2.24, 2.45) is 5.92 Å². The van der Waals surface area contributed by atoms with E-state index >= 15 is 0 Å². The molecule has 2 rings (SSSR count). The minimum Gasteiger partial charge on any atom is -0.241 e. The number of nitrogens with one attached hydrogen (secondary N) is 1. The number of hydrogen-bond acceptors (Lipinski definition) is 4. The predicted molar refractivity (Wildman–Crippen MR) is 70.5 cm³/mol. The lowest BCUT2D eigenvalue weighted by molar-refractivity contribution is 0.277. The van der Waals surface area contributed by atoms with Crippen molar-refractivity contribution in [3.05, 3.63) is 24.1 Å². The van der Waals surface area contributed by atoms with Crippen LogP contribution in [-0.4, -0.2) is 18.9 Å². The van der Waals surface area contributed by atoms with E-state index in [0.29, 0.717) is 18.8 Å². The van der Waals surface area contributed by atoms with E-state index in [0.717, 1.165) is 18.9 Å². The van der Waals surface area contributed by atoms with Gasteiger partial charge in [0.2, 0.25) is 5.03 Å². The highest BCUT2D eigenvalue weighted by molar-refractivity contribution is 7.89. The summed E-state index contributed by atoms with van der Waals surface area (Å²) in [5.41, 5.74) is -1.16. The van der Waals surface area contributed by atoms with Gasteiger partial charge in [0.05, 0.1) is 6.07 Å².